The Bertz CT molecular complexity index is 1050. The van der Waals surface area contributed by atoms with E-state index in [-0.39, 0.29) is 11.8 Å². The van der Waals surface area contributed by atoms with Crippen molar-refractivity contribution in [3.05, 3.63) is 49.1 Å². The molecular weight excluding hydrogens is 416 g/mol. The molecule has 172 valence electrons. The highest BCUT2D eigenvalue weighted by Crippen LogP contribution is 2.34. The van der Waals surface area contributed by atoms with Crippen LogP contribution in [0.5, 0.6) is 0 Å². The summed E-state index contributed by atoms with van der Waals surface area (Å²) >= 11 is 0. The molecule has 1 amide bonds. The van der Waals surface area contributed by atoms with Gasteiger partial charge in [0.05, 0.1) is 12.2 Å². The van der Waals surface area contributed by atoms with Crippen LogP contribution in [0.1, 0.15) is 50.1 Å². The van der Waals surface area contributed by atoms with Crippen LogP contribution in [0, 0.1) is 0 Å². The topological polar surface area (TPSA) is 92.9 Å². The van der Waals surface area contributed by atoms with Gasteiger partial charge in [0.2, 0.25) is 11.9 Å². The molecule has 0 unspecified atom stereocenters. The van der Waals surface area contributed by atoms with Crippen LogP contribution in [0.25, 0.3) is 11.1 Å². The maximum absolute atomic E-state index is 13.0. The van der Waals surface area contributed by atoms with Gasteiger partial charge in [-0.1, -0.05) is 6.07 Å². The number of anilines is 1. The Morgan fingerprint density at radius 1 is 1.06 bits per heavy atom. The summed E-state index contributed by atoms with van der Waals surface area (Å²) in [4.78, 5) is 35.3. The maximum atomic E-state index is 13.0. The van der Waals surface area contributed by atoms with Gasteiger partial charge in [-0.2, -0.15) is 5.10 Å². The fourth-order valence-electron chi connectivity index (χ4n) is 4.83. The van der Waals surface area contributed by atoms with Crippen LogP contribution < -0.4 is 4.90 Å². The van der Waals surface area contributed by atoms with Gasteiger partial charge in [0, 0.05) is 68.2 Å². The Balaban J connectivity index is 1.38. The standard InChI is InChI=1S/C24H30N8O/c33-22(8-13-32-18-26-17-28-32)31-12-5-7-20(16-31)23-21(19-6-4-9-25-14-19)15-27-24(29-23)30-10-2-1-3-11-30/h4,6,9,14-15,17-18,20H,1-3,5,7-8,10-13,16H2/t20-/m1/s1. The lowest BCUT2D eigenvalue weighted by molar-refractivity contribution is -0.132. The van der Waals surface area contributed by atoms with E-state index in [1.54, 1.807) is 17.2 Å². The number of pyridine rings is 1. The van der Waals surface area contributed by atoms with Crippen molar-refractivity contribution in [3.63, 3.8) is 0 Å². The monoisotopic (exact) mass is 446 g/mol. The van der Waals surface area contributed by atoms with Gasteiger partial charge in [-0.15, -0.1) is 0 Å². The zero-order valence-corrected chi connectivity index (χ0v) is 18.9. The van der Waals surface area contributed by atoms with Crippen molar-refractivity contribution >= 4 is 11.9 Å². The van der Waals surface area contributed by atoms with Gasteiger partial charge >= 0.3 is 0 Å². The molecule has 3 aromatic heterocycles. The number of hydrogen-bond donors (Lipinski definition) is 0. The first-order valence-electron chi connectivity index (χ1n) is 11.9. The lowest BCUT2D eigenvalue weighted by atomic mass is 9.90. The molecule has 3 aromatic rings. The molecule has 0 bridgehead atoms. The van der Waals surface area contributed by atoms with Crippen molar-refractivity contribution in [2.24, 2.45) is 0 Å². The summed E-state index contributed by atoms with van der Waals surface area (Å²) in [7, 11) is 0. The third-order valence-corrected chi connectivity index (χ3v) is 6.60. The molecule has 33 heavy (non-hydrogen) atoms. The molecule has 0 aliphatic carbocycles. The average Bonchev–Trinajstić information content (AvgIpc) is 3.42. The lowest BCUT2D eigenvalue weighted by Gasteiger charge is -2.34. The van der Waals surface area contributed by atoms with E-state index in [2.05, 4.69) is 26.0 Å². The number of rotatable bonds is 6. The Hall–Kier alpha value is -3.36. The number of amides is 1. The Morgan fingerprint density at radius 2 is 1.97 bits per heavy atom. The normalized spacial score (nSPS) is 19.0. The summed E-state index contributed by atoms with van der Waals surface area (Å²) in [6, 6.07) is 4.00. The fraction of sp³-hybridized carbons (Fsp3) is 0.500. The average molecular weight is 447 g/mol. The molecule has 2 saturated heterocycles. The predicted octanol–water partition coefficient (Wildman–Crippen LogP) is 2.92. The van der Waals surface area contributed by atoms with Gasteiger partial charge in [0.1, 0.15) is 12.7 Å². The van der Waals surface area contributed by atoms with Crippen LogP contribution in [0.15, 0.2) is 43.4 Å². The molecule has 0 spiro atoms. The van der Waals surface area contributed by atoms with Gasteiger partial charge in [-0.05, 0) is 38.2 Å². The van der Waals surface area contributed by atoms with E-state index in [0.29, 0.717) is 19.5 Å². The van der Waals surface area contributed by atoms with E-state index in [9.17, 15) is 4.79 Å². The summed E-state index contributed by atoms with van der Waals surface area (Å²) < 4.78 is 1.70. The number of nitrogens with zero attached hydrogens (tertiary/aromatic N) is 8. The smallest absolute Gasteiger partial charge is 0.225 e. The zero-order valence-electron chi connectivity index (χ0n) is 18.9. The molecule has 0 N–H and O–H groups in total. The van der Waals surface area contributed by atoms with E-state index in [1.165, 1.54) is 25.6 Å². The predicted molar refractivity (Wildman–Crippen MR) is 125 cm³/mol. The van der Waals surface area contributed by atoms with Crippen LogP contribution in [-0.2, 0) is 11.3 Å². The van der Waals surface area contributed by atoms with E-state index in [0.717, 1.165) is 55.2 Å². The number of aromatic nitrogens is 6. The van der Waals surface area contributed by atoms with Crippen LogP contribution >= 0.6 is 0 Å². The van der Waals surface area contributed by atoms with Crippen molar-refractivity contribution in [1.29, 1.82) is 0 Å². The second kappa shape index (κ2) is 10.1. The molecule has 5 heterocycles. The molecule has 2 aliphatic rings. The van der Waals surface area contributed by atoms with Crippen molar-refractivity contribution in [2.45, 2.75) is 51.0 Å². The third kappa shape index (κ3) is 5.02. The van der Waals surface area contributed by atoms with Gasteiger partial charge in [0.25, 0.3) is 0 Å². The zero-order chi connectivity index (χ0) is 22.5. The van der Waals surface area contributed by atoms with E-state index < -0.39 is 0 Å². The Labute approximate surface area is 193 Å². The third-order valence-electron chi connectivity index (χ3n) is 6.60. The van der Waals surface area contributed by atoms with Crippen LogP contribution in [0.3, 0.4) is 0 Å². The number of aryl methyl sites for hydroxylation is 1. The molecule has 9 heteroatoms. The summed E-state index contributed by atoms with van der Waals surface area (Å²) in [5.41, 5.74) is 3.07. The van der Waals surface area contributed by atoms with Crippen molar-refractivity contribution < 1.29 is 4.79 Å². The highest BCUT2D eigenvalue weighted by Gasteiger charge is 2.29. The molecule has 0 radical (unpaired) electrons. The molecular formula is C24H30N8O. The van der Waals surface area contributed by atoms with Gasteiger partial charge < -0.3 is 9.80 Å². The van der Waals surface area contributed by atoms with Crippen LogP contribution in [-0.4, -0.2) is 66.7 Å². The largest absolute Gasteiger partial charge is 0.342 e. The molecule has 5 rings (SSSR count). The first-order valence-corrected chi connectivity index (χ1v) is 11.9. The number of likely N-dealkylation sites (tertiary alicyclic amines) is 1. The highest BCUT2D eigenvalue weighted by atomic mass is 16.2. The van der Waals surface area contributed by atoms with E-state index in [1.807, 2.05) is 23.4 Å². The van der Waals surface area contributed by atoms with Crippen molar-refractivity contribution in [3.8, 4) is 11.1 Å². The molecule has 9 nitrogen and oxygen atoms in total. The van der Waals surface area contributed by atoms with Crippen LogP contribution in [0.4, 0.5) is 5.95 Å². The number of carbonyl (C=O) groups is 1. The lowest BCUT2D eigenvalue weighted by Crippen LogP contribution is -2.40. The van der Waals surface area contributed by atoms with Crippen molar-refractivity contribution in [2.75, 3.05) is 31.1 Å². The minimum absolute atomic E-state index is 0.156. The van der Waals surface area contributed by atoms with Gasteiger partial charge in [-0.3, -0.25) is 14.5 Å². The SMILES string of the molecule is O=C(CCn1cncn1)N1CCC[C@@H](c2nc(N3CCCCC3)ncc2-c2cccnc2)C1. The second-order valence-electron chi connectivity index (χ2n) is 8.85. The maximum Gasteiger partial charge on any atom is 0.225 e. The summed E-state index contributed by atoms with van der Waals surface area (Å²) in [5, 5.41) is 4.10. The highest BCUT2D eigenvalue weighted by molar-refractivity contribution is 5.76. The molecule has 0 aromatic carbocycles. The molecule has 1 atom stereocenters. The number of hydrogen-bond acceptors (Lipinski definition) is 7. The molecule has 2 aliphatic heterocycles. The minimum Gasteiger partial charge on any atom is -0.342 e. The summed E-state index contributed by atoms with van der Waals surface area (Å²) in [6.45, 7) is 4.03. The number of carbonyl (C=O) groups excluding carboxylic acids is 1. The van der Waals surface area contributed by atoms with E-state index >= 15 is 0 Å². The van der Waals surface area contributed by atoms with Gasteiger partial charge in [0.15, 0.2) is 0 Å². The first-order chi connectivity index (χ1) is 16.3. The Morgan fingerprint density at radius 3 is 2.76 bits per heavy atom. The fourth-order valence-corrected chi connectivity index (χ4v) is 4.83. The number of piperidine rings is 2. The van der Waals surface area contributed by atoms with Crippen molar-refractivity contribution in [1.82, 2.24) is 34.6 Å². The first kappa shape index (κ1) is 21.5. The summed E-state index contributed by atoms with van der Waals surface area (Å²) in [6.07, 6.45) is 14.8. The Kier molecular flexibility index (Phi) is 6.55. The minimum atomic E-state index is 0.156. The van der Waals surface area contributed by atoms with Crippen LogP contribution in [0.2, 0.25) is 0 Å². The second-order valence-corrected chi connectivity index (χ2v) is 8.85. The van der Waals surface area contributed by atoms with E-state index in [4.69, 9.17) is 9.97 Å². The van der Waals surface area contributed by atoms with Gasteiger partial charge in [-0.25, -0.2) is 15.0 Å². The quantitative estimate of drug-likeness (QED) is 0.575. The molecule has 2 fully saturated rings. The molecule has 0 saturated carbocycles. The summed E-state index contributed by atoms with van der Waals surface area (Å²) in [5.74, 6) is 1.14.